The van der Waals surface area contributed by atoms with Crippen molar-refractivity contribution in [3.63, 3.8) is 0 Å². The van der Waals surface area contributed by atoms with Gasteiger partial charge in [-0.25, -0.2) is 4.98 Å². The summed E-state index contributed by atoms with van der Waals surface area (Å²) < 4.78 is 5.22. The average Bonchev–Trinajstić information content (AvgIpc) is 3.34. The van der Waals surface area contributed by atoms with Crippen LogP contribution in [0.3, 0.4) is 0 Å². The van der Waals surface area contributed by atoms with Crippen LogP contribution in [0.15, 0.2) is 47.3 Å². The highest BCUT2D eigenvalue weighted by Gasteiger charge is 2.25. The number of nitrogens with two attached hydrogens (primary N) is 1. The number of benzene rings is 2. The third-order valence-corrected chi connectivity index (χ3v) is 5.16. The van der Waals surface area contributed by atoms with E-state index < -0.39 is 0 Å². The molecule has 0 saturated carbocycles. The number of nitriles is 1. The van der Waals surface area contributed by atoms with Gasteiger partial charge in [0.25, 0.3) is 0 Å². The smallest absolute Gasteiger partial charge is 0.181 e. The molecule has 4 N–H and O–H groups in total. The van der Waals surface area contributed by atoms with Gasteiger partial charge in [0.1, 0.15) is 5.71 Å². The van der Waals surface area contributed by atoms with Gasteiger partial charge in [0.15, 0.2) is 12.2 Å². The van der Waals surface area contributed by atoms with Crippen molar-refractivity contribution in [2.45, 2.75) is 25.8 Å². The van der Waals surface area contributed by atoms with Crippen molar-refractivity contribution >= 4 is 17.1 Å². The molecule has 27 heavy (non-hydrogen) atoms. The summed E-state index contributed by atoms with van der Waals surface area (Å²) >= 11 is 0. The third-order valence-electron chi connectivity index (χ3n) is 5.16. The van der Waals surface area contributed by atoms with Gasteiger partial charge in [-0.15, -0.1) is 0 Å². The third kappa shape index (κ3) is 2.93. The molecule has 0 saturated heterocycles. The number of nitrogen functional groups attached to an aromatic ring is 1. The molecule has 1 aliphatic rings. The Hall–Kier alpha value is -3.59. The minimum atomic E-state index is 0. The lowest BCUT2D eigenvalue weighted by atomic mass is 9.98. The first kappa shape index (κ1) is 16.9. The van der Waals surface area contributed by atoms with Gasteiger partial charge < -0.3 is 15.5 Å². The van der Waals surface area contributed by atoms with Crippen molar-refractivity contribution in [1.29, 1.82) is 10.7 Å². The Kier molecular flexibility index (Phi) is 4.13. The molecule has 0 amide bonds. The van der Waals surface area contributed by atoms with E-state index in [-0.39, 0.29) is 14.6 Å². The van der Waals surface area contributed by atoms with Crippen LogP contribution >= 0.6 is 0 Å². The van der Waals surface area contributed by atoms with E-state index >= 15 is 0 Å². The van der Waals surface area contributed by atoms with Crippen LogP contribution in [0, 0.1) is 23.7 Å². The van der Waals surface area contributed by atoms with E-state index in [1.165, 1.54) is 23.7 Å². The van der Waals surface area contributed by atoms with Gasteiger partial charge in [-0.3, -0.25) is 5.41 Å². The molecule has 0 radical (unpaired) electrons. The maximum absolute atomic E-state index is 9.23. The number of nitrogens with zero attached hydrogens (tertiary/aromatic N) is 2. The molecule has 1 aliphatic carbocycles. The van der Waals surface area contributed by atoms with Gasteiger partial charge in [0, 0.05) is 19.8 Å². The Bertz CT molecular complexity index is 1070. The van der Waals surface area contributed by atoms with E-state index in [1.54, 1.807) is 6.07 Å². The van der Waals surface area contributed by atoms with Crippen molar-refractivity contribution in [2.24, 2.45) is 0 Å². The Morgan fingerprint density at radius 1 is 1.41 bits per heavy atom. The molecule has 0 fully saturated rings. The first-order valence-electron chi connectivity index (χ1n) is 8.75. The molecular formula is C21H23N5O. The quantitative estimate of drug-likeness (QED) is 0.470. The molecule has 1 atom stereocenters. The maximum Gasteiger partial charge on any atom is 0.181 e. The number of hydrogen-bond donors (Lipinski definition) is 3. The monoisotopic (exact) mass is 361 g/mol. The highest BCUT2D eigenvalue weighted by atomic mass is 16.3. The van der Waals surface area contributed by atoms with E-state index in [2.05, 4.69) is 16.4 Å². The number of anilines is 2. The van der Waals surface area contributed by atoms with Crippen LogP contribution in [-0.4, -0.2) is 10.7 Å². The van der Waals surface area contributed by atoms with Gasteiger partial charge >= 0.3 is 0 Å². The number of nitrogens with one attached hydrogen (secondary N) is 2. The Labute approximate surface area is 160 Å². The molecule has 4 rings (SSSR count). The molecule has 3 aromatic rings. The van der Waals surface area contributed by atoms with E-state index in [0.717, 1.165) is 29.7 Å². The summed E-state index contributed by atoms with van der Waals surface area (Å²) in [5.41, 5.74) is 12.6. The second-order valence-electron chi connectivity index (χ2n) is 6.70. The van der Waals surface area contributed by atoms with Crippen LogP contribution in [0.1, 0.15) is 48.9 Å². The lowest BCUT2D eigenvalue weighted by molar-refractivity contribution is 0.548. The van der Waals surface area contributed by atoms with E-state index in [9.17, 15) is 5.26 Å². The molecule has 0 unspecified atom stereocenters. The Morgan fingerprint density at radius 2 is 2.26 bits per heavy atom. The SMILES string of the molecule is Cc1c(C#N)ccc2c1CC[C@H]2Nc1ccc(N)c(C(=N)c2cnco2)c1.[HH].[HH]. The van der Waals surface area contributed by atoms with Crippen LogP contribution < -0.4 is 11.1 Å². The standard InChI is InChI=1S/C21H19N5O.2H2/c1-12-13(9-22)2-4-16-15(12)5-7-19(16)26-14-3-6-18(23)17(8-14)21(24)20-10-25-11-27-20;;/h2-4,6,8,10-11,19,24,26H,5,7,23H2,1H3;2*1H/t19-;;/m1../s1. The highest BCUT2D eigenvalue weighted by Crippen LogP contribution is 2.37. The van der Waals surface area contributed by atoms with Gasteiger partial charge in [0.05, 0.1) is 23.9 Å². The van der Waals surface area contributed by atoms with Crippen molar-refractivity contribution in [2.75, 3.05) is 11.1 Å². The molecule has 0 bridgehead atoms. The van der Waals surface area contributed by atoms with Crippen molar-refractivity contribution in [3.05, 3.63) is 76.5 Å². The minimum absolute atomic E-state index is 0. The largest absolute Gasteiger partial charge is 0.442 e. The molecule has 1 heterocycles. The van der Waals surface area contributed by atoms with Crippen molar-refractivity contribution in [3.8, 4) is 6.07 Å². The lowest BCUT2D eigenvalue weighted by Gasteiger charge is -2.18. The zero-order chi connectivity index (χ0) is 19.0. The first-order chi connectivity index (χ1) is 13.1. The van der Waals surface area contributed by atoms with E-state index in [1.807, 2.05) is 31.2 Å². The number of hydrogen-bond acceptors (Lipinski definition) is 6. The number of fused-ring (bicyclic) bond motifs is 1. The molecule has 0 aliphatic heterocycles. The van der Waals surface area contributed by atoms with Gasteiger partial charge in [0.2, 0.25) is 0 Å². The van der Waals surface area contributed by atoms with Gasteiger partial charge in [-0.1, -0.05) is 6.07 Å². The second-order valence-corrected chi connectivity index (χ2v) is 6.70. The van der Waals surface area contributed by atoms with Crippen LogP contribution in [0.4, 0.5) is 11.4 Å². The summed E-state index contributed by atoms with van der Waals surface area (Å²) in [4.78, 5) is 3.86. The molecule has 0 spiro atoms. The zero-order valence-electron chi connectivity index (χ0n) is 14.9. The molecule has 1 aromatic heterocycles. The summed E-state index contributed by atoms with van der Waals surface area (Å²) in [6, 6.07) is 11.9. The topological polar surface area (TPSA) is 112 Å². The molecular weight excluding hydrogens is 338 g/mol. The summed E-state index contributed by atoms with van der Waals surface area (Å²) in [6.45, 7) is 2.01. The van der Waals surface area contributed by atoms with Crippen LogP contribution in [-0.2, 0) is 6.42 Å². The fourth-order valence-electron chi connectivity index (χ4n) is 3.69. The lowest BCUT2D eigenvalue weighted by Crippen LogP contribution is -2.10. The van der Waals surface area contributed by atoms with Crippen LogP contribution in [0.5, 0.6) is 0 Å². The zero-order valence-corrected chi connectivity index (χ0v) is 14.9. The fraction of sp³-hybridized carbons (Fsp3) is 0.190. The predicted molar refractivity (Wildman–Crippen MR) is 108 cm³/mol. The first-order valence-corrected chi connectivity index (χ1v) is 8.75. The maximum atomic E-state index is 9.23. The number of oxazole rings is 1. The summed E-state index contributed by atoms with van der Waals surface area (Å²) in [7, 11) is 0. The molecule has 6 heteroatoms. The Balaban J connectivity index is 0.00000150. The minimum Gasteiger partial charge on any atom is -0.442 e. The molecule has 138 valence electrons. The van der Waals surface area contributed by atoms with Crippen molar-refractivity contribution < 1.29 is 7.27 Å². The fourth-order valence-corrected chi connectivity index (χ4v) is 3.69. The summed E-state index contributed by atoms with van der Waals surface area (Å²) in [6.07, 6.45) is 4.72. The highest BCUT2D eigenvalue weighted by molar-refractivity contribution is 6.12. The Morgan fingerprint density at radius 3 is 3.00 bits per heavy atom. The summed E-state index contributed by atoms with van der Waals surface area (Å²) in [5.74, 6) is 0.379. The van der Waals surface area contributed by atoms with E-state index in [4.69, 9.17) is 15.6 Å². The predicted octanol–water partition coefficient (Wildman–Crippen LogP) is 4.44. The van der Waals surface area contributed by atoms with E-state index in [0.29, 0.717) is 17.0 Å². The van der Waals surface area contributed by atoms with Crippen LogP contribution in [0.25, 0.3) is 0 Å². The normalized spacial score (nSPS) is 15.2. The average molecular weight is 361 g/mol. The van der Waals surface area contributed by atoms with Crippen molar-refractivity contribution in [1.82, 2.24) is 4.98 Å². The summed E-state index contributed by atoms with van der Waals surface area (Å²) in [5, 5.41) is 21.1. The second kappa shape index (κ2) is 6.61. The number of aromatic nitrogens is 1. The molecule has 6 nitrogen and oxygen atoms in total. The van der Waals surface area contributed by atoms with Gasteiger partial charge in [-0.2, -0.15) is 5.26 Å². The molecule has 2 aromatic carbocycles. The number of rotatable bonds is 4. The van der Waals surface area contributed by atoms with Gasteiger partial charge in [-0.05, 0) is 60.7 Å². The van der Waals surface area contributed by atoms with Crippen LogP contribution in [0.2, 0.25) is 0 Å².